The van der Waals surface area contributed by atoms with E-state index in [0.29, 0.717) is 22.8 Å². The van der Waals surface area contributed by atoms with Gasteiger partial charge in [-0.15, -0.1) is 0 Å². The number of hydrogen-bond donors (Lipinski definition) is 0. The topological polar surface area (TPSA) is 79.4 Å². The van der Waals surface area contributed by atoms with Crippen LogP contribution in [0, 0.1) is 25.7 Å². The van der Waals surface area contributed by atoms with Crippen molar-refractivity contribution in [2.45, 2.75) is 50.8 Å². The summed E-state index contributed by atoms with van der Waals surface area (Å²) >= 11 is 0. The molecule has 0 aromatic heterocycles. The van der Waals surface area contributed by atoms with Crippen LogP contribution in [0.15, 0.2) is 17.0 Å². The molecule has 3 rings (SSSR count). The van der Waals surface area contributed by atoms with Crippen molar-refractivity contribution in [3.05, 3.63) is 23.3 Å². The first-order valence-corrected chi connectivity index (χ1v) is 14.2. The smallest absolute Gasteiger partial charge is 0.248 e. The monoisotopic (exact) mass is 509 g/mol. The fourth-order valence-electron chi connectivity index (χ4n) is 5.50. The van der Waals surface area contributed by atoms with E-state index in [0.717, 1.165) is 12.5 Å². The summed E-state index contributed by atoms with van der Waals surface area (Å²) < 4.78 is 38.3. The van der Waals surface area contributed by atoms with Crippen LogP contribution in [-0.2, 0) is 19.6 Å². The fourth-order valence-corrected chi connectivity index (χ4v) is 7.06. The molecule has 1 aromatic rings. The Morgan fingerprint density at radius 2 is 1.71 bits per heavy atom. The van der Waals surface area contributed by atoms with Gasteiger partial charge in [-0.25, -0.2) is 8.42 Å². The van der Waals surface area contributed by atoms with Gasteiger partial charge in [-0.05, 0) is 94.1 Å². The molecule has 1 aliphatic heterocycles. The summed E-state index contributed by atoms with van der Waals surface area (Å²) in [6, 6.07) is 3.44. The normalized spacial score (nSPS) is 21.1. The second-order valence-electron chi connectivity index (χ2n) is 10.3. The van der Waals surface area contributed by atoms with Crippen LogP contribution in [0.1, 0.15) is 43.2 Å². The number of methoxy groups -OCH3 is 1. The van der Waals surface area contributed by atoms with Crippen molar-refractivity contribution in [2.24, 2.45) is 11.8 Å². The van der Waals surface area contributed by atoms with E-state index < -0.39 is 10.0 Å². The molecule has 1 amide bonds. The van der Waals surface area contributed by atoms with Crippen molar-refractivity contribution in [3.8, 4) is 5.75 Å². The zero-order chi connectivity index (χ0) is 25.6. The second-order valence-corrected chi connectivity index (χ2v) is 12.3. The van der Waals surface area contributed by atoms with Crippen molar-refractivity contribution < 1.29 is 22.7 Å². The quantitative estimate of drug-likeness (QED) is 0.403. The Morgan fingerprint density at radius 1 is 1.09 bits per heavy atom. The lowest BCUT2D eigenvalue weighted by Crippen LogP contribution is -2.35. The number of likely N-dealkylation sites (tertiary alicyclic amines) is 1. The second kappa shape index (κ2) is 12.5. The maximum absolute atomic E-state index is 13.1. The van der Waals surface area contributed by atoms with E-state index in [4.69, 9.17) is 9.47 Å². The number of likely N-dealkylation sites (N-methyl/N-ethyl adjacent to an activating group) is 2. The van der Waals surface area contributed by atoms with Crippen LogP contribution < -0.4 is 4.74 Å². The fraction of sp³-hybridized carbons (Fsp3) is 0.731. The van der Waals surface area contributed by atoms with E-state index in [1.165, 1.54) is 63.1 Å². The van der Waals surface area contributed by atoms with Crippen LogP contribution in [0.3, 0.4) is 0 Å². The number of amides is 1. The molecule has 8 nitrogen and oxygen atoms in total. The average molecular weight is 510 g/mol. The molecule has 198 valence electrons. The Balaban J connectivity index is 1.39. The van der Waals surface area contributed by atoms with E-state index in [9.17, 15) is 13.2 Å². The highest BCUT2D eigenvalue weighted by molar-refractivity contribution is 7.89. The van der Waals surface area contributed by atoms with Gasteiger partial charge in [-0.1, -0.05) is 0 Å². The minimum Gasteiger partial charge on any atom is -0.497 e. The van der Waals surface area contributed by atoms with Gasteiger partial charge in [0, 0.05) is 33.7 Å². The molecule has 1 unspecified atom stereocenters. The maximum Gasteiger partial charge on any atom is 0.248 e. The molecule has 1 heterocycles. The van der Waals surface area contributed by atoms with Gasteiger partial charge in [0.1, 0.15) is 12.4 Å². The lowest BCUT2D eigenvalue weighted by atomic mass is 10.0. The number of carbonyl (C=O) groups is 1. The summed E-state index contributed by atoms with van der Waals surface area (Å²) in [5.74, 6) is 1.89. The minimum absolute atomic E-state index is 0.0328. The van der Waals surface area contributed by atoms with Crippen LogP contribution in [0.4, 0.5) is 0 Å². The van der Waals surface area contributed by atoms with Gasteiger partial charge in [0.05, 0.1) is 18.6 Å². The molecule has 1 aromatic carbocycles. The van der Waals surface area contributed by atoms with Crippen molar-refractivity contribution in [1.82, 2.24) is 14.1 Å². The highest BCUT2D eigenvalue weighted by atomic mass is 32.2. The lowest BCUT2D eigenvalue weighted by molar-refractivity contribution is -0.135. The first-order valence-electron chi connectivity index (χ1n) is 12.8. The number of nitrogens with zero attached hydrogens (tertiary/aromatic N) is 3. The van der Waals surface area contributed by atoms with Crippen LogP contribution in [0.25, 0.3) is 0 Å². The summed E-state index contributed by atoms with van der Waals surface area (Å²) in [5.41, 5.74) is 1.28. The first kappa shape index (κ1) is 27.9. The van der Waals surface area contributed by atoms with E-state index >= 15 is 0 Å². The summed E-state index contributed by atoms with van der Waals surface area (Å²) in [7, 11) is 1.26. The number of rotatable bonds is 12. The number of hydrogen-bond acceptors (Lipinski definition) is 6. The molecule has 0 N–H and O–H groups in total. The van der Waals surface area contributed by atoms with Gasteiger partial charge < -0.3 is 19.3 Å². The zero-order valence-electron chi connectivity index (χ0n) is 22.1. The van der Waals surface area contributed by atoms with E-state index in [-0.39, 0.29) is 30.6 Å². The molecular formula is C26H43N3O5S. The summed E-state index contributed by atoms with van der Waals surface area (Å²) in [4.78, 5) is 17.2. The summed E-state index contributed by atoms with van der Waals surface area (Å²) in [6.07, 6.45) is 6.30. The maximum atomic E-state index is 13.1. The number of aryl methyl sites for hydroxylation is 2. The Kier molecular flexibility index (Phi) is 9.98. The molecule has 1 saturated heterocycles. The van der Waals surface area contributed by atoms with Crippen molar-refractivity contribution >= 4 is 15.9 Å². The Bertz CT molecular complexity index is 939. The van der Waals surface area contributed by atoms with Crippen molar-refractivity contribution in [3.63, 3.8) is 0 Å². The number of benzene rings is 1. The van der Waals surface area contributed by atoms with Gasteiger partial charge in [0.25, 0.3) is 0 Å². The van der Waals surface area contributed by atoms with Crippen LogP contribution in [0.5, 0.6) is 5.75 Å². The number of sulfonamides is 1. The highest BCUT2D eigenvalue weighted by Crippen LogP contribution is 2.32. The molecule has 2 atom stereocenters. The predicted octanol–water partition coefficient (Wildman–Crippen LogP) is 2.92. The molecule has 9 heteroatoms. The first-order chi connectivity index (χ1) is 16.6. The molecule has 1 saturated carbocycles. The van der Waals surface area contributed by atoms with Gasteiger partial charge >= 0.3 is 0 Å². The Morgan fingerprint density at radius 3 is 2.34 bits per heavy atom. The third kappa shape index (κ3) is 7.41. The van der Waals surface area contributed by atoms with Gasteiger partial charge in [0.2, 0.25) is 15.9 Å². The van der Waals surface area contributed by atoms with Crippen LogP contribution >= 0.6 is 0 Å². The Hall–Kier alpha value is -1.68. The molecule has 1 aliphatic carbocycles. The molecule has 0 bridgehead atoms. The minimum atomic E-state index is -3.67. The standard InChI is InChI=1S/C26H43N3O5S/c1-20-14-24(33-5)15-21(2)26(20)35(31,32)28(4)12-13-34-19-25(30)27(3)17-22-8-9-23(16-22)18-29-10-6-7-11-29/h14-15,22-23H,6-13,16-19H2,1-5H3/t22?,23-/m1/s1. The van der Waals surface area contributed by atoms with Crippen LogP contribution in [0.2, 0.25) is 0 Å². The van der Waals surface area contributed by atoms with Crippen molar-refractivity contribution in [1.29, 1.82) is 0 Å². The van der Waals surface area contributed by atoms with Crippen LogP contribution in [-0.4, -0.2) is 95.6 Å². The highest BCUT2D eigenvalue weighted by Gasteiger charge is 2.29. The zero-order valence-corrected chi connectivity index (χ0v) is 22.9. The number of carbonyl (C=O) groups excluding carboxylic acids is 1. The van der Waals surface area contributed by atoms with E-state index in [1.54, 1.807) is 38.0 Å². The van der Waals surface area contributed by atoms with Gasteiger partial charge in [0.15, 0.2) is 0 Å². The molecule has 0 spiro atoms. The molecule has 0 radical (unpaired) electrons. The SMILES string of the molecule is COc1cc(C)c(S(=O)(=O)N(C)CCOCC(=O)N(C)CC2CC[C@@H](CN3CCCC3)C2)c(C)c1. The number of ether oxygens (including phenoxy) is 2. The third-order valence-electron chi connectivity index (χ3n) is 7.44. The molecular weight excluding hydrogens is 466 g/mol. The van der Waals surface area contributed by atoms with Gasteiger partial charge in [-0.3, -0.25) is 4.79 Å². The van der Waals surface area contributed by atoms with Gasteiger partial charge in [-0.2, -0.15) is 4.31 Å². The predicted molar refractivity (Wildman–Crippen MR) is 137 cm³/mol. The van der Waals surface area contributed by atoms with E-state index in [1.807, 2.05) is 7.05 Å². The summed E-state index contributed by atoms with van der Waals surface area (Å²) in [5, 5.41) is 0. The lowest BCUT2D eigenvalue weighted by Gasteiger charge is -2.23. The van der Waals surface area contributed by atoms with Crippen molar-refractivity contribution in [2.75, 3.05) is 67.1 Å². The average Bonchev–Trinajstić information content (AvgIpc) is 3.47. The molecule has 2 aliphatic rings. The third-order valence-corrected chi connectivity index (χ3v) is 9.60. The molecule has 2 fully saturated rings. The molecule has 35 heavy (non-hydrogen) atoms. The Labute approximate surface area is 211 Å². The van der Waals surface area contributed by atoms with E-state index in [2.05, 4.69) is 4.90 Å². The largest absolute Gasteiger partial charge is 0.497 e. The summed E-state index contributed by atoms with van der Waals surface area (Å²) in [6.45, 7) is 8.29.